The molecule has 0 heterocycles. The van der Waals surface area contributed by atoms with Crippen LogP contribution in [0.3, 0.4) is 0 Å². The molecule has 0 radical (unpaired) electrons. The summed E-state index contributed by atoms with van der Waals surface area (Å²) in [6, 6.07) is 0. The first-order valence-electron chi connectivity index (χ1n) is 9.81. The summed E-state index contributed by atoms with van der Waals surface area (Å²) < 4.78 is 23.6. The van der Waals surface area contributed by atoms with Gasteiger partial charge in [0.25, 0.3) is 10.5 Å². The Kier molecular flexibility index (Phi) is 32.0. The third kappa shape index (κ3) is 30.4. The minimum absolute atomic E-state index is 0.0543. The van der Waals surface area contributed by atoms with E-state index in [1.165, 1.54) is 93.4 Å². The van der Waals surface area contributed by atoms with Crippen molar-refractivity contribution in [2.24, 2.45) is 9.98 Å². The Labute approximate surface area is 261 Å². The number of carbonyl (C=O) groups excluding carboxylic acids is 2. The van der Waals surface area contributed by atoms with Gasteiger partial charge in [0.1, 0.15) is 0 Å². The molecule has 0 saturated heterocycles. The Balaban J connectivity index is 3.58. The van der Waals surface area contributed by atoms with Crippen LogP contribution in [0.2, 0.25) is 0 Å². The molecule has 10 nitrogen and oxygen atoms in total. The monoisotopic (exact) mass is 726 g/mol. The van der Waals surface area contributed by atoms with Crippen LogP contribution < -0.4 is 10.6 Å². The fraction of sp³-hybridized carbons (Fsp3) is 0.750. The number of nitrogens with one attached hydrogen (secondary N) is 2. The number of rotatable bonds is 24. The molecule has 0 aromatic heterocycles. The van der Waals surface area contributed by atoms with Crippen molar-refractivity contribution < 1.29 is 28.2 Å². The highest BCUT2D eigenvalue weighted by Gasteiger charge is 2.04. The molecule has 4 N–H and O–H groups in total. The van der Waals surface area contributed by atoms with E-state index in [1.807, 2.05) is 0 Å². The van der Waals surface area contributed by atoms with Crippen LogP contribution in [0.25, 0.3) is 0 Å². The molecule has 2 amide bonds. The number of thioether (sulfide) groups is 9. The van der Waals surface area contributed by atoms with Gasteiger partial charge >= 0.3 is 0 Å². The van der Waals surface area contributed by atoms with Crippen LogP contribution in [0.15, 0.2) is 9.98 Å². The van der Waals surface area contributed by atoms with Crippen LogP contribution in [-0.4, -0.2) is 106 Å². The fourth-order valence-corrected chi connectivity index (χ4v) is 11.2. The van der Waals surface area contributed by atoms with Crippen LogP contribution in [0.5, 0.6) is 0 Å². The second-order valence-electron chi connectivity index (χ2n) is 5.50. The maximum absolute atomic E-state index is 11.9. The van der Waals surface area contributed by atoms with Crippen LogP contribution in [0.1, 0.15) is 0 Å². The molecule has 0 aromatic rings. The van der Waals surface area contributed by atoms with Gasteiger partial charge in [-0.3, -0.25) is 28.0 Å². The van der Waals surface area contributed by atoms with Crippen LogP contribution in [0.4, 0.5) is 9.59 Å². The van der Waals surface area contributed by atoms with E-state index in [9.17, 15) is 18.0 Å². The molecule has 2 atom stereocenters. The molecule has 216 valence electrons. The zero-order chi connectivity index (χ0) is 27.4. The largest absolute Gasteiger partial charge is 0.386 e. The molecule has 0 aromatic carbocycles. The molecule has 37 heavy (non-hydrogen) atoms. The van der Waals surface area contributed by atoms with E-state index in [1.54, 1.807) is 11.8 Å². The van der Waals surface area contributed by atoms with Gasteiger partial charge in [-0.2, -0.15) is 0 Å². The number of hydrogen-bond acceptors (Lipinski definition) is 17. The molecule has 0 spiro atoms. The standard InChI is InChI=1S/C16H30N4O6S11/c21-7-29-9-31-11-34-15(23)19-3-27-2-18-6-37(26)14-33-12-35-16(24)20-4-28-1-17-5-36(25)13-32-10-30-8-22/h5-6,21-22H,1-4,7-14H2,(H,19,23)(H,20,24). The average molecular weight is 727 g/mol. The van der Waals surface area contributed by atoms with Gasteiger partial charge < -0.3 is 20.8 Å². The Morgan fingerprint density at radius 2 is 1.08 bits per heavy atom. The predicted molar refractivity (Wildman–Crippen MR) is 181 cm³/mol. The average Bonchev–Trinajstić information content (AvgIpc) is 2.88. The maximum Gasteiger partial charge on any atom is 0.280 e. The summed E-state index contributed by atoms with van der Waals surface area (Å²) in [5, 5.41) is 25.8. The van der Waals surface area contributed by atoms with E-state index in [4.69, 9.17) is 10.2 Å². The minimum atomic E-state index is -1.23. The van der Waals surface area contributed by atoms with Crippen molar-refractivity contribution in [2.75, 3.05) is 65.9 Å². The second kappa shape index (κ2) is 30.6. The summed E-state index contributed by atoms with van der Waals surface area (Å²) in [6.45, 7) is 0. The highest BCUT2D eigenvalue weighted by atomic mass is 32.3. The molecule has 2 unspecified atom stereocenters. The van der Waals surface area contributed by atoms with Gasteiger partial charge in [-0.25, -0.2) is 0 Å². The van der Waals surface area contributed by atoms with Crippen molar-refractivity contribution in [3.8, 4) is 0 Å². The van der Waals surface area contributed by atoms with Gasteiger partial charge in [-0.05, 0) is 0 Å². The Hall–Kier alpha value is 1.65. The maximum atomic E-state index is 11.9. The van der Waals surface area contributed by atoms with Gasteiger partial charge in [0.15, 0.2) is 0 Å². The van der Waals surface area contributed by atoms with E-state index >= 15 is 0 Å². The minimum Gasteiger partial charge on any atom is -0.386 e. The molecular weight excluding hydrogens is 697 g/mol. The molecule has 21 heteroatoms. The summed E-state index contributed by atoms with van der Waals surface area (Å²) in [7, 11) is -2.38. The van der Waals surface area contributed by atoms with Crippen molar-refractivity contribution in [2.45, 2.75) is 0 Å². The summed E-state index contributed by atoms with van der Waals surface area (Å²) in [5.41, 5.74) is 2.79. The van der Waals surface area contributed by atoms with Crippen LogP contribution in [0, 0.1) is 0 Å². The highest BCUT2D eigenvalue weighted by Crippen LogP contribution is 2.18. The Morgan fingerprint density at radius 1 is 0.649 bits per heavy atom. The lowest BCUT2D eigenvalue weighted by Crippen LogP contribution is -2.18. The van der Waals surface area contributed by atoms with E-state index in [0.717, 1.165) is 16.8 Å². The number of amides is 2. The van der Waals surface area contributed by atoms with Crippen LogP contribution in [-0.2, 0) is 21.6 Å². The van der Waals surface area contributed by atoms with Gasteiger partial charge in [0.05, 0.1) is 78.2 Å². The lowest BCUT2D eigenvalue weighted by atomic mass is 11.2. The highest BCUT2D eigenvalue weighted by molar-refractivity contribution is 8.27. The summed E-state index contributed by atoms with van der Waals surface area (Å²) in [6.07, 6.45) is 0. The first kappa shape index (κ1) is 38.6. The van der Waals surface area contributed by atoms with E-state index < -0.39 is 21.6 Å². The van der Waals surface area contributed by atoms with E-state index in [2.05, 4.69) is 20.6 Å². The number of aliphatic hydroxyl groups is 2. The molecular formula is C16H30N4O6S11. The zero-order valence-electron chi connectivity index (χ0n) is 19.6. The first-order chi connectivity index (χ1) is 18.0. The SMILES string of the molecule is O=C(NCSCN=CS(=O)CSCSC(=O)NCSCN=CS(=O)CSCSCO)SCSCSCO. The number of carbonyl (C=O) groups is 2. The van der Waals surface area contributed by atoms with Gasteiger partial charge in [0.2, 0.25) is 0 Å². The lowest BCUT2D eigenvalue weighted by molar-refractivity contribution is 0.261. The summed E-state index contributed by atoms with van der Waals surface area (Å²) >= 11 is 12.3. The third-order valence-corrected chi connectivity index (χ3v) is 14.3. The summed E-state index contributed by atoms with van der Waals surface area (Å²) in [4.78, 5) is 31.5. The van der Waals surface area contributed by atoms with Gasteiger partial charge in [-0.1, -0.05) is 23.5 Å². The number of aliphatic imine (C=N–C) groups is 2. The Bertz CT molecular complexity index is 708. The van der Waals surface area contributed by atoms with Crippen molar-refractivity contribution >= 4 is 149 Å². The molecule has 0 saturated carbocycles. The van der Waals surface area contributed by atoms with E-state index in [0.29, 0.717) is 48.9 Å². The van der Waals surface area contributed by atoms with Crippen molar-refractivity contribution in [3.63, 3.8) is 0 Å². The van der Waals surface area contributed by atoms with Crippen LogP contribution >= 0.6 is 106 Å². The number of nitrogens with zero attached hydrogens (tertiary/aromatic N) is 2. The quantitative estimate of drug-likeness (QED) is 0.0489. The molecule has 0 fully saturated rings. The Morgan fingerprint density at radius 3 is 1.57 bits per heavy atom. The van der Waals surface area contributed by atoms with Gasteiger partial charge in [-0.15, -0.1) is 82.3 Å². The topological polar surface area (TPSA) is 158 Å². The molecule has 0 rings (SSSR count). The number of aliphatic hydroxyl groups excluding tert-OH is 2. The zero-order valence-corrected chi connectivity index (χ0v) is 28.5. The molecule has 0 aliphatic carbocycles. The van der Waals surface area contributed by atoms with Crippen molar-refractivity contribution in [1.82, 2.24) is 10.6 Å². The van der Waals surface area contributed by atoms with E-state index in [-0.39, 0.29) is 22.4 Å². The van der Waals surface area contributed by atoms with Crippen molar-refractivity contribution in [3.05, 3.63) is 0 Å². The van der Waals surface area contributed by atoms with Crippen molar-refractivity contribution in [1.29, 1.82) is 0 Å². The number of hydrogen-bond donors (Lipinski definition) is 4. The lowest BCUT2D eigenvalue weighted by Gasteiger charge is -2.03. The predicted octanol–water partition coefficient (Wildman–Crippen LogP) is 4.03. The van der Waals surface area contributed by atoms with Gasteiger partial charge in [0, 0.05) is 20.3 Å². The molecule has 0 aliphatic rings. The smallest absolute Gasteiger partial charge is 0.280 e. The molecule has 0 bridgehead atoms. The summed E-state index contributed by atoms with van der Waals surface area (Å²) in [5.74, 6) is 1.73. The molecule has 0 aliphatic heterocycles. The first-order valence-corrected chi connectivity index (χ1v) is 22.6. The third-order valence-electron chi connectivity index (χ3n) is 2.81. The normalized spacial score (nSPS) is 13.2. The fourth-order valence-electron chi connectivity index (χ4n) is 1.46. The second-order valence-corrected chi connectivity index (χ2v) is 18.9.